The van der Waals surface area contributed by atoms with E-state index in [9.17, 15) is 14.4 Å². The molecule has 4 aliphatic rings. The van der Waals surface area contributed by atoms with Crippen molar-refractivity contribution in [1.29, 1.82) is 0 Å². The predicted molar refractivity (Wildman–Crippen MR) is 111 cm³/mol. The van der Waals surface area contributed by atoms with Crippen molar-refractivity contribution in [1.82, 2.24) is 0 Å². The van der Waals surface area contributed by atoms with Gasteiger partial charge in [0.2, 0.25) is 0 Å². The summed E-state index contributed by atoms with van der Waals surface area (Å²) in [6.07, 6.45) is 5.44. The molecule has 3 nitrogen and oxygen atoms in total. The van der Waals surface area contributed by atoms with Crippen molar-refractivity contribution in [2.75, 3.05) is 5.88 Å². The van der Waals surface area contributed by atoms with Gasteiger partial charge in [0.15, 0.2) is 17.3 Å². The van der Waals surface area contributed by atoms with E-state index in [1.807, 2.05) is 6.92 Å². The molecule has 154 valence electrons. The predicted octanol–water partition coefficient (Wildman–Crippen LogP) is 4.95. The second-order valence-electron chi connectivity index (χ2n) is 9.71. The van der Waals surface area contributed by atoms with Crippen LogP contribution in [0, 0.1) is 34.5 Å². The van der Waals surface area contributed by atoms with Gasteiger partial charge in [0, 0.05) is 5.92 Å². The lowest BCUT2D eigenvalue weighted by Crippen LogP contribution is -2.68. The van der Waals surface area contributed by atoms with Crippen molar-refractivity contribution >= 4 is 52.2 Å². The lowest BCUT2D eigenvalue weighted by atomic mass is 9.45. The van der Waals surface area contributed by atoms with Crippen molar-refractivity contribution < 1.29 is 14.4 Å². The number of rotatable bonds is 2. The molecule has 3 fully saturated rings. The van der Waals surface area contributed by atoms with Gasteiger partial charge in [-0.05, 0) is 69.3 Å². The maximum Gasteiger partial charge on any atom is 0.165 e. The quantitative estimate of drug-likeness (QED) is 0.446. The fourth-order valence-electron chi connectivity index (χ4n) is 7.23. The van der Waals surface area contributed by atoms with Crippen LogP contribution in [0.25, 0.3) is 0 Å². The van der Waals surface area contributed by atoms with E-state index < -0.39 is 21.6 Å². The number of halogens is 3. The number of allylic oxidation sites excluding steroid dienone is 1. The summed E-state index contributed by atoms with van der Waals surface area (Å²) in [7, 11) is 0. The highest BCUT2D eigenvalue weighted by Gasteiger charge is 2.72. The van der Waals surface area contributed by atoms with Crippen molar-refractivity contribution in [2.24, 2.45) is 34.5 Å². The number of carbonyl (C=O) groups is 3. The van der Waals surface area contributed by atoms with Crippen molar-refractivity contribution in [3.05, 3.63) is 11.6 Å². The average molecular weight is 446 g/mol. The summed E-state index contributed by atoms with van der Waals surface area (Å²) in [5.41, 5.74) is -0.335. The minimum absolute atomic E-state index is 0.0271. The molecule has 0 N–H and O–H groups in total. The molecule has 0 aromatic carbocycles. The van der Waals surface area contributed by atoms with E-state index in [-0.39, 0.29) is 46.4 Å². The van der Waals surface area contributed by atoms with E-state index >= 15 is 0 Å². The Bertz CT molecular complexity index is 792. The summed E-state index contributed by atoms with van der Waals surface area (Å²) in [6.45, 7) is 5.74. The summed E-state index contributed by atoms with van der Waals surface area (Å²) in [4.78, 5) is 37.3. The Morgan fingerprint density at radius 2 is 1.86 bits per heavy atom. The minimum Gasteiger partial charge on any atom is -0.298 e. The van der Waals surface area contributed by atoms with Crippen LogP contribution in [0.3, 0.4) is 0 Å². The Kier molecular flexibility index (Phi) is 4.89. The molecule has 0 aliphatic heterocycles. The van der Waals surface area contributed by atoms with Crippen LogP contribution < -0.4 is 0 Å². The van der Waals surface area contributed by atoms with E-state index in [4.69, 9.17) is 34.8 Å². The normalized spacial score (nSPS) is 50.5. The van der Waals surface area contributed by atoms with Crippen LogP contribution in [0.2, 0.25) is 0 Å². The zero-order valence-corrected chi connectivity index (χ0v) is 18.8. The topological polar surface area (TPSA) is 51.2 Å². The molecule has 0 aromatic rings. The number of hydrogen-bond acceptors (Lipinski definition) is 3. The zero-order valence-electron chi connectivity index (χ0n) is 16.6. The molecule has 0 heterocycles. The first kappa shape index (κ1) is 20.9. The van der Waals surface area contributed by atoms with Crippen LogP contribution >= 0.6 is 34.8 Å². The molecule has 0 aromatic heterocycles. The molecule has 4 rings (SSSR count). The first-order valence-corrected chi connectivity index (χ1v) is 11.6. The van der Waals surface area contributed by atoms with Gasteiger partial charge in [-0.1, -0.05) is 12.5 Å². The van der Waals surface area contributed by atoms with Gasteiger partial charge in [-0.25, -0.2) is 0 Å². The SMILES string of the molecule is CC1C(=O)C=C2CC[C@H]3[C@@H]4CC[C@H](C(=O)CCl)[C@@]4(C)CC(Cl)[C@]3(Cl)[C@@]2(C)C1=O. The molecule has 3 saturated carbocycles. The first-order chi connectivity index (χ1) is 13.0. The summed E-state index contributed by atoms with van der Waals surface area (Å²) in [5, 5.41) is -0.456. The highest BCUT2D eigenvalue weighted by molar-refractivity contribution is 6.36. The second kappa shape index (κ2) is 6.56. The Hall–Kier alpha value is -0.380. The molecular weight excluding hydrogens is 419 g/mol. The molecule has 4 aliphatic carbocycles. The monoisotopic (exact) mass is 444 g/mol. The lowest BCUT2D eigenvalue weighted by molar-refractivity contribution is -0.143. The largest absolute Gasteiger partial charge is 0.298 e. The number of carbonyl (C=O) groups excluding carboxylic acids is 3. The van der Waals surface area contributed by atoms with E-state index in [1.165, 1.54) is 0 Å². The standard InChI is InChI=1S/C22H27Cl3O3/c1-11-16(26)8-12-4-5-14-13-6-7-15(17(27)10-23)20(13,2)9-18(24)22(14,25)21(12,3)19(11)28/h8,11,13-15,18H,4-7,9-10H2,1-3H3/t11?,13-,14-,15+,18?,20-,21+,22-/m0/s1. The van der Waals surface area contributed by atoms with Crippen LogP contribution in [-0.4, -0.2) is 33.5 Å². The molecule has 0 radical (unpaired) electrons. The number of fused-ring (bicyclic) bond motifs is 5. The van der Waals surface area contributed by atoms with E-state index in [0.717, 1.165) is 24.8 Å². The Labute approximate surface area is 181 Å². The van der Waals surface area contributed by atoms with Gasteiger partial charge in [0.25, 0.3) is 0 Å². The number of alkyl halides is 3. The number of hydrogen-bond donors (Lipinski definition) is 0. The van der Waals surface area contributed by atoms with Crippen molar-refractivity contribution in [2.45, 2.75) is 63.1 Å². The Balaban J connectivity index is 1.82. The third kappa shape index (κ3) is 2.33. The maximum atomic E-state index is 13.4. The molecular formula is C22H27Cl3O3. The Morgan fingerprint density at radius 1 is 1.18 bits per heavy atom. The second-order valence-corrected chi connectivity index (χ2v) is 11.1. The third-order valence-corrected chi connectivity index (χ3v) is 10.6. The van der Waals surface area contributed by atoms with Gasteiger partial charge in [0.1, 0.15) is 0 Å². The Morgan fingerprint density at radius 3 is 2.50 bits per heavy atom. The van der Waals surface area contributed by atoms with Crippen LogP contribution in [0.15, 0.2) is 11.6 Å². The van der Waals surface area contributed by atoms with Crippen LogP contribution in [0.1, 0.15) is 52.9 Å². The molecule has 0 spiro atoms. The molecule has 6 heteroatoms. The van der Waals surface area contributed by atoms with Gasteiger partial charge in [-0.2, -0.15) is 0 Å². The summed E-state index contributed by atoms with van der Waals surface area (Å²) >= 11 is 20.3. The minimum atomic E-state index is -0.937. The van der Waals surface area contributed by atoms with Crippen LogP contribution in [-0.2, 0) is 14.4 Å². The summed E-state index contributed by atoms with van der Waals surface area (Å²) in [5.74, 6) is -0.620. The summed E-state index contributed by atoms with van der Waals surface area (Å²) < 4.78 is 0. The molecule has 28 heavy (non-hydrogen) atoms. The van der Waals surface area contributed by atoms with E-state index in [0.29, 0.717) is 12.8 Å². The highest BCUT2D eigenvalue weighted by Crippen LogP contribution is 2.71. The maximum absolute atomic E-state index is 13.4. The summed E-state index contributed by atoms with van der Waals surface area (Å²) in [6, 6.07) is 0. The first-order valence-electron chi connectivity index (χ1n) is 10.2. The van der Waals surface area contributed by atoms with Crippen molar-refractivity contribution in [3.8, 4) is 0 Å². The van der Waals surface area contributed by atoms with Crippen LogP contribution in [0.5, 0.6) is 0 Å². The molecule has 2 unspecified atom stereocenters. The zero-order chi connectivity index (χ0) is 20.6. The van der Waals surface area contributed by atoms with Gasteiger partial charge in [0.05, 0.1) is 27.5 Å². The van der Waals surface area contributed by atoms with Gasteiger partial charge in [-0.3, -0.25) is 14.4 Å². The smallest absolute Gasteiger partial charge is 0.165 e. The van der Waals surface area contributed by atoms with Crippen LogP contribution in [0.4, 0.5) is 0 Å². The van der Waals surface area contributed by atoms with E-state index in [1.54, 1.807) is 13.0 Å². The highest BCUT2D eigenvalue weighted by atomic mass is 35.5. The number of ketones is 3. The van der Waals surface area contributed by atoms with Gasteiger partial charge >= 0.3 is 0 Å². The fraction of sp³-hybridized carbons (Fsp3) is 0.773. The third-order valence-electron chi connectivity index (χ3n) is 8.79. The molecule has 0 amide bonds. The molecule has 0 bridgehead atoms. The van der Waals surface area contributed by atoms with Gasteiger partial charge in [-0.15, -0.1) is 34.8 Å². The number of Topliss-reactive ketones (excluding diaryl/α,β-unsaturated/α-hetero) is 2. The van der Waals surface area contributed by atoms with Crippen molar-refractivity contribution in [3.63, 3.8) is 0 Å². The molecule has 8 atom stereocenters. The average Bonchev–Trinajstić information content (AvgIpc) is 2.99. The lowest BCUT2D eigenvalue weighted by Gasteiger charge is -2.63. The molecule has 0 saturated heterocycles. The fourth-order valence-corrected chi connectivity index (χ4v) is 8.68. The van der Waals surface area contributed by atoms with E-state index in [2.05, 4.69) is 6.92 Å². The van der Waals surface area contributed by atoms with Gasteiger partial charge < -0.3 is 0 Å².